The molecule has 0 radical (unpaired) electrons. The summed E-state index contributed by atoms with van der Waals surface area (Å²) in [6, 6.07) is 7.35. The lowest BCUT2D eigenvalue weighted by Gasteiger charge is -2.03. The molecule has 7 heteroatoms. The van der Waals surface area contributed by atoms with Gasteiger partial charge < -0.3 is 19.3 Å². The summed E-state index contributed by atoms with van der Waals surface area (Å²) in [5, 5.41) is 6.47. The first-order valence-electron chi connectivity index (χ1n) is 5.96. The second kappa shape index (κ2) is 6.67. The van der Waals surface area contributed by atoms with Crippen LogP contribution in [0.15, 0.2) is 28.8 Å². The lowest BCUT2D eigenvalue weighted by molar-refractivity contribution is -0.125. The number of aromatic nitrogens is 2. The number of para-hydroxylation sites is 1. The highest BCUT2D eigenvalue weighted by Crippen LogP contribution is 2.26. The van der Waals surface area contributed by atoms with Crippen LogP contribution < -0.4 is 10.1 Å². The highest BCUT2D eigenvalue weighted by Gasteiger charge is 2.13. The number of carbonyl (C=O) groups excluding carboxylic acids is 1. The summed E-state index contributed by atoms with van der Waals surface area (Å²) in [6.07, 6.45) is 0. The molecule has 0 aliphatic carbocycles. The zero-order valence-electron chi connectivity index (χ0n) is 11.3. The molecule has 0 spiro atoms. The Morgan fingerprint density at radius 2 is 2.15 bits per heavy atom. The van der Waals surface area contributed by atoms with Crippen molar-refractivity contribution in [1.82, 2.24) is 15.5 Å². The maximum Gasteiger partial charge on any atom is 0.246 e. The molecule has 20 heavy (non-hydrogen) atoms. The first kappa shape index (κ1) is 14.0. The van der Waals surface area contributed by atoms with Gasteiger partial charge in [-0.25, -0.2) is 0 Å². The number of carbonyl (C=O) groups is 1. The first-order chi connectivity index (χ1) is 9.74. The number of benzene rings is 1. The number of ether oxygens (including phenoxy) is 2. The molecule has 2 aromatic rings. The summed E-state index contributed by atoms with van der Waals surface area (Å²) >= 11 is 0. The van der Waals surface area contributed by atoms with E-state index < -0.39 is 0 Å². The highest BCUT2D eigenvalue weighted by molar-refractivity contribution is 5.77. The predicted octanol–water partition coefficient (Wildman–Crippen LogP) is 1.01. The summed E-state index contributed by atoms with van der Waals surface area (Å²) < 4.78 is 15.0. The Hall–Kier alpha value is -2.41. The number of amides is 1. The number of nitrogens with one attached hydrogen (secondary N) is 1. The topological polar surface area (TPSA) is 86.5 Å². The van der Waals surface area contributed by atoms with E-state index in [-0.39, 0.29) is 19.1 Å². The molecule has 7 nitrogen and oxygen atoms in total. The van der Waals surface area contributed by atoms with E-state index in [2.05, 4.69) is 15.5 Å². The maximum atomic E-state index is 11.2. The Morgan fingerprint density at radius 1 is 1.35 bits per heavy atom. The Bertz CT molecular complexity index is 583. The molecule has 0 aliphatic heterocycles. The van der Waals surface area contributed by atoms with E-state index in [1.165, 1.54) is 7.11 Å². The smallest absolute Gasteiger partial charge is 0.246 e. The average molecular weight is 277 g/mol. The van der Waals surface area contributed by atoms with Gasteiger partial charge in [0.05, 0.1) is 19.2 Å². The molecule has 2 rings (SSSR count). The van der Waals surface area contributed by atoms with E-state index >= 15 is 0 Å². The molecule has 0 aliphatic rings. The Labute approximate surface area is 115 Å². The van der Waals surface area contributed by atoms with Gasteiger partial charge in [-0.1, -0.05) is 17.3 Å². The van der Waals surface area contributed by atoms with Gasteiger partial charge in [-0.3, -0.25) is 4.79 Å². The standard InChI is InChI=1S/C13H15N3O4/c1-18-8-11(17)14-7-12-15-13(16-20-12)9-5-3-4-6-10(9)19-2/h3-6H,7-8H2,1-2H3,(H,14,17). The van der Waals surface area contributed by atoms with Crippen LogP contribution in [-0.4, -0.2) is 36.9 Å². The van der Waals surface area contributed by atoms with Crippen LogP contribution in [0.1, 0.15) is 5.89 Å². The van der Waals surface area contributed by atoms with Gasteiger partial charge in [0.25, 0.3) is 0 Å². The van der Waals surface area contributed by atoms with Crippen LogP contribution in [0.3, 0.4) is 0 Å². The second-order valence-electron chi connectivity index (χ2n) is 3.92. The molecule has 0 saturated heterocycles. The van der Waals surface area contributed by atoms with Crippen molar-refractivity contribution >= 4 is 5.91 Å². The Balaban J connectivity index is 2.07. The minimum absolute atomic E-state index is 0.00645. The van der Waals surface area contributed by atoms with Crippen LogP contribution in [-0.2, 0) is 16.1 Å². The molecule has 0 saturated carbocycles. The minimum atomic E-state index is -0.246. The molecule has 0 atom stereocenters. The van der Waals surface area contributed by atoms with Crippen molar-refractivity contribution in [2.45, 2.75) is 6.54 Å². The average Bonchev–Trinajstić information content (AvgIpc) is 2.94. The first-order valence-corrected chi connectivity index (χ1v) is 5.96. The molecule has 0 unspecified atom stereocenters. The minimum Gasteiger partial charge on any atom is -0.496 e. The van der Waals surface area contributed by atoms with E-state index in [0.29, 0.717) is 17.5 Å². The van der Waals surface area contributed by atoms with E-state index in [9.17, 15) is 4.79 Å². The number of nitrogens with zero attached hydrogens (tertiary/aromatic N) is 2. The Morgan fingerprint density at radius 3 is 2.90 bits per heavy atom. The zero-order valence-corrected chi connectivity index (χ0v) is 11.3. The summed E-state index contributed by atoms with van der Waals surface area (Å²) in [6.45, 7) is 0.151. The summed E-state index contributed by atoms with van der Waals surface area (Å²) in [5.41, 5.74) is 0.730. The molecule has 1 N–H and O–H groups in total. The van der Waals surface area contributed by atoms with Crippen molar-refractivity contribution in [3.8, 4) is 17.1 Å². The van der Waals surface area contributed by atoms with Crippen LogP contribution in [0.5, 0.6) is 5.75 Å². The lowest BCUT2D eigenvalue weighted by Crippen LogP contribution is -2.26. The van der Waals surface area contributed by atoms with Crippen molar-refractivity contribution in [3.63, 3.8) is 0 Å². The van der Waals surface area contributed by atoms with Crippen molar-refractivity contribution in [2.75, 3.05) is 20.8 Å². The molecule has 1 aromatic heterocycles. The van der Waals surface area contributed by atoms with Gasteiger partial charge in [-0.2, -0.15) is 4.98 Å². The third kappa shape index (κ3) is 3.33. The molecular weight excluding hydrogens is 262 g/mol. The van der Waals surface area contributed by atoms with Crippen molar-refractivity contribution in [2.24, 2.45) is 0 Å². The maximum absolute atomic E-state index is 11.2. The molecule has 1 aromatic carbocycles. The predicted molar refractivity (Wildman–Crippen MR) is 70.0 cm³/mol. The van der Waals surface area contributed by atoms with Gasteiger partial charge in [0.15, 0.2) is 0 Å². The lowest BCUT2D eigenvalue weighted by atomic mass is 10.2. The van der Waals surface area contributed by atoms with Gasteiger partial charge in [0, 0.05) is 7.11 Å². The molecule has 1 heterocycles. The fourth-order valence-corrected chi connectivity index (χ4v) is 1.62. The summed E-state index contributed by atoms with van der Waals surface area (Å²) in [7, 11) is 3.02. The summed E-state index contributed by atoms with van der Waals surface area (Å²) in [4.78, 5) is 15.5. The van der Waals surface area contributed by atoms with Crippen LogP contribution >= 0.6 is 0 Å². The highest BCUT2D eigenvalue weighted by atomic mass is 16.5. The number of methoxy groups -OCH3 is 2. The van der Waals surface area contributed by atoms with Crippen LogP contribution in [0.4, 0.5) is 0 Å². The fraction of sp³-hybridized carbons (Fsp3) is 0.308. The van der Waals surface area contributed by atoms with Crippen LogP contribution in [0.25, 0.3) is 11.4 Å². The molecule has 0 bridgehead atoms. The largest absolute Gasteiger partial charge is 0.496 e. The zero-order chi connectivity index (χ0) is 14.4. The Kier molecular flexibility index (Phi) is 4.67. The number of hydrogen-bond donors (Lipinski definition) is 1. The van der Waals surface area contributed by atoms with Crippen molar-refractivity contribution in [3.05, 3.63) is 30.2 Å². The van der Waals surface area contributed by atoms with E-state index in [1.54, 1.807) is 7.11 Å². The van der Waals surface area contributed by atoms with Gasteiger partial charge in [-0.15, -0.1) is 0 Å². The van der Waals surface area contributed by atoms with Gasteiger partial charge >= 0.3 is 0 Å². The van der Waals surface area contributed by atoms with Gasteiger partial charge in [-0.05, 0) is 12.1 Å². The fourth-order valence-electron chi connectivity index (χ4n) is 1.62. The van der Waals surface area contributed by atoms with Gasteiger partial charge in [0.2, 0.25) is 17.6 Å². The second-order valence-corrected chi connectivity index (χ2v) is 3.92. The van der Waals surface area contributed by atoms with Crippen molar-refractivity contribution in [1.29, 1.82) is 0 Å². The number of rotatable bonds is 6. The third-order valence-corrected chi connectivity index (χ3v) is 2.53. The van der Waals surface area contributed by atoms with Gasteiger partial charge in [0.1, 0.15) is 12.4 Å². The third-order valence-electron chi connectivity index (χ3n) is 2.53. The van der Waals surface area contributed by atoms with Crippen LogP contribution in [0.2, 0.25) is 0 Å². The van der Waals surface area contributed by atoms with E-state index in [1.807, 2.05) is 24.3 Å². The molecular formula is C13H15N3O4. The molecule has 106 valence electrons. The van der Waals surface area contributed by atoms with E-state index in [0.717, 1.165) is 5.56 Å². The molecule has 0 fully saturated rings. The monoisotopic (exact) mass is 277 g/mol. The summed E-state index contributed by atoms with van der Waals surface area (Å²) in [5.74, 6) is 1.14. The normalized spacial score (nSPS) is 10.3. The SMILES string of the molecule is COCC(=O)NCc1nc(-c2ccccc2OC)no1. The number of hydrogen-bond acceptors (Lipinski definition) is 6. The van der Waals surface area contributed by atoms with Crippen LogP contribution in [0, 0.1) is 0 Å². The van der Waals surface area contributed by atoms with Crippen molar-refractivity contribution < 1.29 is 18.8 Å². The van der Waals surface area contributed by atoms with E-state index in [4.69, 9.17) is 14.0 Å². The quantitative estimate of drug-likeness (QED) is 0.848. The molecule has 1 amide bonds.